The predicted octanol–water partition coefficient (Wildman–Crippen LogP) is 0.995. The number of hydrogen-bond donors (Lipinski definition) is 1. The van der Waals surface area contributed by atoms with E-state index >= 15 is 0 Å². The Hall–Kier alpha value is -1.06. The molecule has 2 heterocycles. The van der Waals surface area contributed by atoms with E-state index in [0.29, 0.717) is 6.04 Å². The van der Waals surface area contributed by atoms with Crippen LogP contribution in [0, 0.1) is 0 Å². The summed E-state index contributed by atoms with van der Waals surface area (Å²) in [4.78, 5) is 2.48. The molecule has 1 N–H and O–H groups in total. The summed E-state index contributed by atoms with van der Waals surface area (Å²) in [5.74, 6) is 0. The fourth-order valence-corrected chi connectivity index (χ4v) is 2.46. The van der Waals surface area contributed by atoms with E-state index in [9.17, 15) is 0 Å². The minimum absolute atomic E-state index is 0.502. The van der Waals surface area contributed by atoms with Crippen LogP contribution in [-0.4, -0.2) is 32.3 Å². The van der Waals surface area contributed by atoms with Crippen LogP contribution in [0.5, 0.6) is 0 Å². The lowest BCUT2D eigenvalue weighted by atomic mass is 10.1. The van der Waals surface area contributed by atoms with E-state index in [-0.39, 0.29) is 0 Å². The Morgan fingerprint density at radius 3 is 3.27 bits per heavy atom. The molecule has 0 aliphatic carbocycles. The van der Waals surface area contributed by atoms with Gasteiger partial charge in [-0.3, -0.25) is 0 Å². The maximum atomic E-state index is 5.53. The molecule has 2 aliphatic heterocycles. The number of nitrogens with zero attached hydrogens (tertiary/aromatic N) is 1. The molecular formula is C12H16N2O. The third-order valence-electron chi connectivity index (χ3n) is 3.22. The van der Waals surface area contributed by atoms with E-state index in [1.165, 1.54) is 11.3 Å². The van der Waals surface area contributed by atoms with Gasteiger partial charge < -0.3 is 15.0 Å². The molecule has 15 heavy (non-hydrogen) atoms. The van der Waals surface area contributed by atoms with Gasteiger partial charge in [0.2, 0.25) is 0 Å². The van der Waals surface area contributed by atoms with Gasteiger partial charge in [-0.2, -0.15) is 0 Å². The van der Waals surface area contributed by atoms with Gasteiger partial charge in [-0.05, 0) is 11.6 Å². The average molecular weight is 204 g/mol. The minimum Gasteiger partial charge on any atom is -0.377 e. The fourth-order valence-electron chi connectivity index (χ4n) is 2.46. The molecule has 0 bridgehead atoms. The number of benzene rings is 1. The summed E-state index contributed by atoms with van der Waals surface area (Å²) < 4.78 is 5.53. The first-order valence-corrected chi connectivity index (χ1v) is 5.58. The number of hydrogen-bond acceptors (Lipinski definition) is 3. The highest BCUT2D eigenvalue weighted by Gasteiger charge is 2.26. The number of morpholine rings is 1. The summed E-state index contributed by atoms with van der Waals surface area (Å²) in [6.45, 7) is 4.72. The SMILES string of the molecule is c1ccc2c(c1)CNCC1COCCN21. The fraction of sp³-hybridized carbons (Fsp3) is 0.500. The van der Waals surface area contributed by atoms with Gasteiger partial charge in [-0.1, -0.05) is 18.2 Å². The number of anilines is 1. The highest BCUT2D eigenvalue weighted by molar-refractivity contribution is 5.55. The first-order chi connectivity index (χ1) is 7.45. The Balaban J connectivity index is 1.99. The Morgan fingerprint density at radius 1 is 1.33 bits per heavy atom. The number of fused-ring (bicyclic) bond motifs is 3. The van der Waals surface area contributed by atoms with Crippen molar-refractivity contribution in [3.05, 3.63) is 29.8 Å². The standard InChI is InChI=1S/C12H16N2O/c1-2-4-12-10(3-1)7-13-8-11-9-15-6-5-14(11)12/h1-4,11,13H,5-9H2. The summed E-state index contributed by atoms with van der Waals surface area (Å²) in [5.41, 5.74) is 2.79. The van der Waals surface area contributed by atoms with Crippen molar-refractivity contribution in [3.8, 4) is 0 Å². The molecule has 1 fully saturated rings. The highest BCUT2D eigenvalue weighted by atomic mass is 16.5. The van der Waals surface area contributed by atoms with Crippen LogP contribution in [0.25, 0.3) is 0 Å². The topological polar surface area (TPSA) is 24.5 Å². The van der Waals surface area contributed by atoms with Gasteiger partial charge in [-0.25, -0.2) is 0 Å². The van der Waals surface area contributed by atoms with Gasteiger partial charge in [0.15, 0.2) is 0 Å². The van der Waals surface area contributed by atoms with E-state index in [0.717, 1.165) is 32.8 Å². The molecule has 3 nitrogen and oxygen atoms in total. The number of para-hydroxylation sites is 1. The third-order valence-corrected chi connectivity index (χ3v) is 3.22. The Kier molecular flexibility index (Phi) is 2.35. The summed E-state index contributed by atoms with van der Waals surface area (Å²) in [6, 6.07) is 9.17. The molecule has 0 amide bonds. The highest BCUT2D eigenvalue weighted by Crippen LogP contribution is 2.26. The zero-order chi connectivity index (χ0) is 10.1. The van der Waals surface area contributed by atoms with Crippen LogP contribution < -0.4 is 10.2 Å². The van der Waals surface area contributed by atoms with Crippen molar-refractivity contribution in [2.45, 2.75) is 12.6 Å². The summed E-state index contributed by atoms with van der Waals surface area (Å²) >= 11 is 0. The van der Waals surface area contributed by atoms with E-state index in [1.54, 1.807) is 0 Å². The molecule has 1 aromatic carbocycles. The van der Waals surface area contributed by atoms with Crippen molar-refractivity contribution in [2.24, 2.45) is 0 Å². The van der Waals surface area contributed by atoms with Crippen LogP contribution in [0.15, 0.2) is 24.3 Å². The maximum Gasteiger partial charge on any atom is 0.0683 e. The first-order valence-electron chi connectivity index (χ1n) is 5.58. The van der Waals surface area contributed by atoms with Crippen LogP contribution in [0.1, 0.15) is 5.56 Å². The third kappa shape index (κ3) is 1.62. The second kappa shape index (κ2) is 3.83. The number of ether oxygens (including phenoxy) is 1. The van der Waals surface area contributed by atoms with E-state index in [1.807, 2.05) is 0 Å². The van der Waals surface area contributed by atoms with Crippen molar-refractivity contribution in [3.63, 3.8) is 0 Å². The maximum absolute atomic E-state index is 5.53. The molecule has 0 spiro atoms. The van der Waals surface area contributed by atoms with Gasteiger partial charge >= 0.3 is 0 Å². The zero-order valence-electron chi connectivity index (χ0n) is 8.78. The average Bonchev–Trinajstić information content (AvgIpc) is 2.48. The first kappa shape index (κ1) is 9.19. The quantitative estimate of drug-likeness (QED) is 0.682. The van der Waals surface area contributed by atoms with Crippen molar-refractivity contribution in [1.29, 1.82) is 0 Å². The zero-order valence-corrected chi connectivity index (χ0v) is 8.78. The van der Waals surface area contributed by atoms with Crippen LogP contribution in [0.4, 0.5) is 5.69 Å². The molecule has 0 aromatic heterocycles. The Morgan fingerprint density at radius 2 is 2.27 bits per heavy atom. The lowest BCUT2D eigenvalue weighted by molar-refractivity contribution is 0.0947. The molecule has 3 rings (SSSR count). The van der Waals surface area contributed by atoms with Crippen LogP contribution in [0.3, 0.4) is 0 Å². The van der Waals surface area contributed by atoms with Crippen molar-refractivity contribution in [1.82, 2.24) is 5.32 Å². The molecule has 1 saturated heterocycles. The molecule has 80 valence electrons. The second-order valence-electron chi connectivity index (χ2n) is 4.18. The monoisotopic (exact) mass is 204 g/mol. The van der Waals surface area contributed by atoms with Gasteiger partial charge in [0, 0.05) is 25.3 Å². The molecule has 1 unspecified atom stereocenters. The van der Waals surface area contributed by atoms with E-state index in [2.05, 4.69) is 34.5 Å². The van der Waals surface area contributed by atoms with Crippen molar-refractivity contribution < 1.29 is 4.74 Å². The molecule has 1 aromatic rings. The molecule has 2 aliphatic rings. The molecule has 0 radical (unpaired) electrons. The van der Waals surface area contributed by atoms with Crippen molar-refractivity contribution in [2.75, 3.05) is 31.2 Å². The second-order valence-corrected chi connectivity index (χ2v) is 4.18. The van der Waals surface area contributed by atoms with Gasteiger partial charge in [0.25, 0.3) is 0 Å². The summed E-state index contributed by atoms with van der Waals surface area (Å²) in [5, 5.41) is 3.48. The normalized spacial score (nSPS) is 25.3. The van der Waals surface area contributed by atoms with Crippen molar-refractivity contribution >= 4 is 5.69 Å². The molecule has 3 heteroatoms. The minimum atomic E-state index is 0.502. The molecular weight excluding hydrogens is 188 g/mol. The molecule has 0 saturated carbocycles. The lowest BCUT2D eigenvalue weighted by Crippen LogP contribution is -2.49. The van der Waals surface area contributed by atoms with Gasteiger partial charge in [0.1, 0.15) is 0 Å². The Bertz CT molecular complexity index is 353. The van der Waals surface area contributed by atoms with Gasteiger partial charge in [0.05, 0.1) is 19.3 Å². The molecule has 1 atom stereocenters. The summed E-state index contributed by atoms with van der Waals surface area (Å²) in [6.07, 6.45) is 0. The van der Waals surface area contributed by atoms with Crippen LogP contribution in [0.2, 0.25) is 0 Å². The summed E-state index contributed by atoms with van der Waals surface area (Å²) in [7, 11) is 0. The smallest absolute Gasteiger partial charge is 0.0683 e. The number of nitrogens with one attached hydrogen (secondary N) is 1. The van der Waals surface area contributed by atoms with Crippen LogP contribution in [-0.2, 0) is 11.3 Å². The lowest BCUT2D eigenvalue weighted by Gasteiger charge is -2.36. The van der Waals surface area contributed by atoms with E-state index < -0.39 is 0 Å². The number of rotatable bonds is 0. The van der Waals surface area contributed by atoms with Crippen LogP contribution >= 0.6 is 0 Å². The van der Waals surface area contributed by atoms with E-state index in [4.69, 9.17) is 4.74 Å². The van der Waals surface area contributed by atoms with Gasteiger partial charge in [-0.15, -0.1) is 0 Å². The predicted molar refractivity (Wildman–Crippen MR) is 60.1 cm³/mol. The largest absolute Gasteiger partial charge is 0.377 e. The Labute approximate surface area is 90.0 Å².